The van der Waals surface area contributed by atoms with Crippen molar-refractivity contribution in [3.63, 3.8) is 0 Å². The Labute approximate surface area is 250 Å². The number of halogens is 5. The van der Waals surface area contributed by atoms with Crippen LogP contribution in [0.4, 0.5) is 29.1 Å². The van der Waals surface area contributed by atoms with Crippen LogP contribution in [0.3, 0.4) is 0 Å². The molecule has 0 bridgehead atoms. The van der Waals surface area contributed by atoms with E-state index >= 15 is 0 Å². The highest BCUT2D eigenvalue weighted by Crippen LogP contribution is 2.39. The van der Waals surface area contributed by atoms with Crippen molar-refractivity contribution >= 4 is 34.9 Å². The van der Waals surface area contributed by atoms with Crippen molar-refractivity contribution in [1.82, 2.24) is 15.2 Å². The number of aromatic nitrogens is 1. The molecule has 1 N–H and O–H groups in total. The predicted molar refractivity (Wildman–Crippen MR) is 152 cm³/mol. The summed E-state index contributed by atoms with van der Waals surface area (Å²) in [5.41, 5.74) is 0.171. The normalized spacial score (nSPS) is 19.2. The third kappa shape index (κ3) is 6.58. The molecular weight excluding hydrogens is 588 g/mol. The summed E-state index contributed by atoms with van der Waals surface area (Å²) < 4.78 is 56.6. The number of alkyl halides is 2. The van der Waals surface area contributed by atoms with Crippen LogP contribution in [0.2, 0.25) is 5.02 Å². The Bertz CT molecular complexity index is 1560. The lowest BCUT2D eigenvalue weighted by Gasteiger charge is -2.43. The molecule has 2 fully saturated rings. The smallest absolute Gasteiger partial charge is 0.252 e. The first-order valence-corrected chi connectivity index (χ1v) is 13.9. The second kappa shape index (κ2) is 12.2. The lowest BCUT2D eigenvalue weighted by Crippen LogP contribution is -2.61. The van der Waals surface area contributed by atoms with E-state index < -0.39 is 60.3 Å². The van der Waals surface area contributed by atoms with Gasteiger partial charge >= 0.3 is 0 Å². The van der Waals surface area contributed by atoms with Crippen LogP contribution in [-0.2, 0) is 9.59 Å². The average molecular weight is 615 g/mol. The summed E-state index contributed by atoms with van der Waals surface area (Å²) in [6, 6.07) is 10.2. The van der Waals surface area contributed by atoms with Crippen molar-refractivity contribution in [1.29, 1.82) is 5.26 Å². The maximum Gasteiger partial charge on any atom is 0.252 e. The van der Waals surface area contributed by atoms with Crippen molar-refractivity contribution in [2.45, 2.75) is 36.9 Å². The van der Waals surface area contributed by atoms with Gasteiger partial charge in [-0.15, -0.1) is 0 Å². The number of nitriles is 1. The van der Waals surface area contributed by atoms with Crippen molar-refractivity contribution in [2.75, 3.05) is 36.5 Å². The molecule has 5 rings (SSSR count). The topological polar surface area (TPSA) is 92.6 Å². The molecule has 0 radical (unpaired) electrons. The number of hydrogen-bond donors (Lipinski definition) is 1. The van der Waals surface area contributed by atoms with E-state index in [2.05, 4.69) is 10.3 Å². The lowest BCUT2D eigenvalue weighted by atomic mass is 9.87. The van der Waals surface area contributed by atoms with Gasteiger partial charge in [0.15, 0.2) is 0 Å². The van der Waals surface area contributed by atoms with Crippen LogP contribution in [0.1, 0.15) is 30.0 Å². The van der Waals surface area contributed by atoms with Crippen LogP contribution in [0.15, 0.2) is 60.8 Å². The summed E-state index contributed by atoms with van der Waals surface area (Å²) in [6.45, 7) is 0.971. The van der Waals surface area contributed by atoms with Crippen LogP contribution in [0.25, 0.3) is 0 Å². The molecule has 1 aliphatic carbocycles. The molecule has 2 amide bonds. The number of piperazine rings is 1. The summed E-state index contributed by atoms with van der Waals surface area (Å²) in [6.07, 6.45) is 0.263. The molecule has 2 heterocycles. The molecule has 1 aliphatic heterocycles. The number of carbonyl (C=O) groups excluding carboxylic acids is 2. The molecule has 13 heteroatoms. The van der Waals surface area contributed by atoms with Gasteiger partial charge in [-0.25, -0.2) is 22.5 Å². The minimum atomic E-state index is -2.93. The number of amides is 2. The first-order valence-electron chi connectivity index (χ1n) is 13.5. The Balaban J connectivity index is 1.64. The zero-order chi connectivity index (χ0) is 30.9. The number of hydrogen-bond acceptors (Lipinski definition) is 6. The Morgan fingerprint density at radius 3 is 2.47 bits per heavy atom. The van der Waals surface area contributed by atoms with Crippen molar-refractivity contribution in [3.05, 3.63) is 88.6 Å². The van der Waals surface area contributed by atoms with E-state index in [-0.39, 0.29) is 22.8 Å². The Hall–Kier alpha value is -4.21. The SMILES string of the molecule is CN1CCN(c2cc(C#N)ccn2)[C@H](C(=O)N(c2cc(F)cc(F)c2)[C@H](C(=O)NC2CC(F)(F)C2)c2ccccc2Cl)C1. The zero-order valence-corrected chi connectivity index (χ0v) is 23.7. The largest absolute Gasteiger partial charge is 0.351 e. The molecule has 1 saturated heterocycles. The van der Waals surface area contributed by atoms with Gasteiger partial charge in [-0.2, -0.15) is 5.26 Å². The fourth-order valence-corrected chi connectivity index (χ4v) is 5.67. The van der Waals surface area contributed by atoms with E-state index in [1.807, 2.05) is 11.0 Å². The van der Waals surface area contributed by atoms with Gasteiger partial charge in [0.1, 0.15) is 29.5 Å². The Morgan fingerprint density at radius 2 is 1.81 bits per heavy atom. The monoisotopic (exact) mass is 614 g/mol. The van der Waals surface area contributed by atoms with Gasteiger partial charge in [0.2, 0.25) is 5.91 Å². The molecule has 1 aromatic heterocycles. The summed E-state index contributed by atoms with van der Waals surface area (Å²) in [7, 11) is 1.79. The molecule has 3 aromatic rings. The van der Waals surface area contributed by atoms with Crippen LogP contribution in [0, 0.1) is 23.0 Å². The first kappa shape index (κ1) is 30.3. The number of benzene rings is 2. The zero-order valence-electron chi connectivity index (χ0n) is 23.0. The summed E-state index contributed by atoms with van der Waals surface area (Å²) in [5, 5.41) is 12.1. The summed E-state index contributed by atoms with van der Waals surface area (Å²) >= 11 is 6.51. The molecular formula is C30H27ClF4N6O2. The quantitative estimate of drug-likeness (QED) is 0.388. The van der Waals surface area contributed by atoms with Gasteiger partial charge < -0.3 is 15.1 Å². The van der Waals surface area contributed by atoms with Gasteiger partial charge in [-0.1, -0.05) is 29.8 Å². The number of carbonyl (C=O) groups is 2. The highest BCUT2D eigenvalue weighted by Gasteiger charge is 2.48. The van der Waals surface area contributed by atoms with E-state index in [4.69, 9.17) is 11.6 Å². The van der Waals surface area contributed by atoms with Crippen LogP contribution >= 0.6 is 11.6 Å². The summed E-state index contributed by atoms with van der Waals surface area (Å²) in [5.74, 6) is -6.16. The minimum absolute atomic E-state index is 0.0808. The molecule has 43 heavy (non-hydrogen) atoms. The molecule has 2 aliphatic rings. The lowest BCUT2D eigenvalue weighted by molar-refractivity contribution is -0.133. The fraction of sp³-hybridized carbons (Fsp3) is 0.333. The Kier molecular flexibility index (Phi) is 8.57. The van der Waals surface area contributed by atoms with Gasteiger partial charge in [0.25, 0.3) is 11.8 Å². The van der Waals surface area contributed by atoms with E-state index in [0.717, 1.165) is 17.0 Å². The van der Waals surface area contributed by atoms with Crippen LogP contribution in [0.5, 0.6) is 0 Å². The molecule has 0 spiro atoms. The number of likely N-dealkylation sites (N-methyl/N-ethyl adjacent to an activating group) is 1. The van der Waals surface area contributed by atoms with Gasteiger partial charge in [0.05, 0.1) is 17.3 Å². The number of nitrogens with zero attached hydrogens (tertiary/aromatic N) is 5. The van der Waals surface area contributed by atoms with Crippen molar-refractivity contribution in [2.24, 2.45) is 0 Å². The number of anilines is 2. The van der Waals surface area contributed by atoms with E-state index in [1.165, 1.54) is 30.5 Å². The average Bonchev–Trinajstić information content (AvgIpc) is 2.94. The first-order chi connectivity index (χ1) is 20.5. The van der Waals surface area contributed by atoms with E-state index in [9.17, 15) is 32.4 Å². The molecule has 0 unspecified atom stereocenters. The van der Waals surface area contributed by atoms with Crippen LogP contribution in [-0.4, -0.2) is 66.4 Å². The van der Waals surface area contributed by atoms with Gasteiger partial charge in [0, 0.05) is 61.4 Å². The summed E-state index contributed by atoms with van der Waals surface area (Å²) in [4.78, 5) is 37.4. The molecule has 1 saturated carbocycles. The fourth-order valence-electron chi connectivity index (χ4n) is 5.43. The third-order valence-electron chi connectivity index (χ3n) is 7.54. The highest BCUT2D eigenvalue weighted by molar-refractivity contribution is 6.31. The minimum Gasteiger partial charge on any atom is -0.351 e. The molecule has 2 aromatic carbocycles. The molecule has 224 valence electrons. The second-order valence-electron chi connectivity index (χ2n) is 10.7. The Morgan fingerprint density at radius 1 is 1.12 bits per heavy atom. The van der Waals surface area contributed by atoms with Crippen molar-refractivity contribution < 1.29 is 27.2 Å². The predicted octanol–water partition coefficient (Wildman–Crippen LogP) is 4.69. The number of rotatable bonds is 7. The maximum absolute atomic E-state index is 14.7. The van der Waals surface area contributed by atoms with Gasteiger partial charge in [-0.05, 0) is 37.4 Å². The second-order valence-corrected chi connectivity index (χ2v) is 11.1. The molecule has 8 nitrogen and oxygen atoms in total. The van der Waals surface area contributed by atoms with E-state index in [0.29, 0.717) is 30.5 Å². The molecule has 2 atom stereocenters. The van der Waals surface area contributed by atoms with Crippen LogP contribution < -0.4 is 15.1 Å². The van der Waals surface area contributed by atoms with Crippen molar-refractivity contribution in [3.8, 4) is 6.07 Å². The standard InChI is InChI=1S/C30H27ClF4N6O2/c1-39-8-9-40(26-10-18(16-36)6-7-37-26)25(17-39)29(43)41(22-12-19(32)11-20(33)13-22)27(23-4-2-3-5-24(23)31)28(42)38-21-14-30(34,35)15-21/h2-7,10-13,21,25,27H,8-9,14-15,17H2,1H3,(H,38,42)/t25-,27-/m0/s1. The van der Waals surface area contributed by atoms with Gasteiger partial charge in [-0.3, -0.25) is 14.5 Å². The highest BCUT2D eigenvalue weighted by atomic mass is 35.5. The number of nitrogens with one attached hydrogen (secondary N) is 1. The third-order valence-corrected chi connectivity index (χ3v) is 7.89. The number of pyridine rings is 1. The maximum atomic E-state index is 14.7. The van der Waals surface area contributed by atoms with E-state index in [1.54, 1.807) is 24.1 Å².